The molecule has 90 valence electrons. The van der Waals surface area contributed by atoms with Crippen LogP contribution >= 0.6 is 0 Å². The van der Waals surface area contributed by atoms with Crippen LogP contribution in [0.4, 0.5) is 0 Å². The van der Waals surface area contributed by atoms with E-state index < -0.39 is 11.4 Å². The normalized spacial score (nSPS) is 20.9. The van der Waals surface area contributed by atoms with E-state index in [4.69, 9.17) is 4.74 Å². The smallest absolute Gasteiger partial charge is 0.315 e. The first-order valence-electron chi connectivity index (χ1n) is 6.08. The number of carboxylic acid groups (broad SMARTS) is 1. The van der Waals surface area contributed by atoms with Crippen LogP contribution in [-0.4, -0.2) is 22.7 Å². The molecule has 0 saturated heterocycles. The summed E-state index contributed by atoms with van der Waals surface area (Å²) in [7, 11) is 0. The number of carboxylic acids is 1. The second kappa shape index (κ2) is 3.72. The molecule has 0 bridgehead atoms. The summed E-state index contributed by atoms with van der Waals surface area (Å²) in [4.78, 5) is 15.9. The predicted molar refractivity (Wildman–Crippen MR) is 61.2 cm³/mol. The first-order valence-corrected chi connectivity index (χ1v) is 6.08. The van der Waals surface area contributed by atoms with Gasteiger partial charge in [-0.1, -0.05) is 12.8 Å². The van der Waals surface area contributed by atoms with Crippen molar-refractivity contribution in [3.63, 3.8) is 0 Å². The van der Waals surface area contributed by atoms with Gasteiger partial charge in [-0.25, -0.2) is 0 Å². The van der Waals surface area contributed by atoms with Gasteiger partial charge in [0.2, 0.25) is 0 Å². The summed E-state index contributed by atoms with van der Waals surface area (Å²) in [6.45, 7) is 0.681. The maximum atomic E-state index is 11.6. The van der Waals surface area contributed by atoms with Crippen LogP contribution in [-0.2, 0) is 16.6 Å². The van der Waals surface area contributed by atoms with E-state index in [-0.39, 0.29) is 0 Å². The van der Waals surface area contributed by atoms with E-state index >= 15 is 0 Å². The maximum Gasteiger partial charge on any atom is 0.315 e. The summed E-state index contributed by atoms with van der Waals surface area (Å²) in [5.41, 5.74) is 1.06. The lowest BCUT2D eigenvalue weighted by molar-refractivity contribution is -0.143. The van der Waals surface area contributed by atoms with Crippen LogP contribution in [0.3, 0.4) is 0 Å². The van der Waals surface area contributed by atoms with E-state index in [0.717, 1.165) is 30.6 Å². The molecule has 1 aliphatic carbocycles. The van der Waals surface area contributed by atoms with Crippen LogP contribution in [0, 0.1) is 0 Å². The molecule has 2 heterocycles. The molecule has 1 aromatic heterocycles. The van der Waals surface area contributed by atoms with Gasteiger partial charge in [0, 0.05) is 12.0 Å². The summed E-state index contributed by atoms with van der Waals surface area (Å²) in [6, 6.07) is 1.93. The predicted octanol–water partition coefficient (Wildman–Crippen LogP) is 1.91. The molecule has 0 amide bonds. The third kappa shape index (κ3) is 1.51. The number of rotatable bonds is 2. The molecule has 0 spiro atoms. The molecular weight excluding hydrogens is 218 g/mol. The van der Waals surface area contributed by atoms with Gasteiger partial charge >= 0.3 is 5.97 Å². The summed E-state index contributed by atoms with van der Waals surface area (Å²) in [5.74, 6) is 0.0775. The number of carbonyl (C=O) groups is 1. The number of aliphatic carboxylic acids is 1. The summed E-state index contributed by atoms with van der Waals surface area (Å²) < 4.78 is 5.40. The van der Waals surface area contributed by atoms with Gasteiger partial charge in [-0.3, -0.25) is 9.78 Å². The number of ether oxygens (including phenoxy) is 1. The van der Waals surface area contributed by atoms with Crippen molar-refractivity contribution in [3.05, 3.63) is 23.5 Å². The molecule has 0 unspecified atom stereocenters. The van der Waals surface area contributed by atoms with Gasteiger partial charge in [0.25, 0.3) is 0 Å². The van der Waals surface area contributed by atoms with Crippen LogP contribution < -0.4 is 4.74 Å². The number of fused-ring (bicyclic) bond motifs is 1. The average molecular weight is 233 g/mol. The van der Waals surface area contributed by atoms with Crippen molar-refractivity contribution >= 4 is 5.97 Å². The van der Waals surface area contributed by atoms with Gasteiger partial charge in [0.1, 0.15) is 11.2 Å². The zero-order valence-corrected chi connectivity index (χ0v) is 9.61. The molecule has 0 radical (unpaired) electrons. The van der Waals surface area contributed by atoms with Gasteiger partial charge in [0.05, 0.1) is 18.5 Å². The van der Waals surface area contributed by atoms with E-state index in [1.54, 1.807) is 6.20 Å². The monoisotopic (exact) mass is 233 g/mol. The lowest BCUT2D eigenvalue weighted by Gasteiger charge is -2.23. The Labute approximate surface area is 99.6 Å². The molecule has 1 saturated carbocycles. The molecule has 1 aromatic rings. The van der Waals surface area contributed by atoms with Crippen molar-refractivity contribution in [2.75, 3.05) is 6.61 Å². The van der Waals surface area contributed by atoms with Crippen molar-refractivity contribution in [3.8, 4) is 5.75 Å². The van der Waals surface area contributed by atoms with Crippen LogP contribution in [0.5, 0.6) is 5.75 Å². The first kappa shape index (κ1) is 10.6. The van der Waals surface area contributed by atoms with E-state index in [9.17, 15) is 9.90 Å². The van der Waals surface area contributed by atoms with E-state index in [1.807, 2.05) is 6.07 Å². The average Bonchev–Trinajstić information content (AvgIpc) is 2.97. The first-order chi connectivity index (χ1) is 8.22. The Balaban J connectivity index is 2.05. The Morgan fingerprint density at radius 3 is 2.88 bits per heavy atom. The Morgan fingerprint density at radius 2 is 2.18 bits per heavy atom. The number of pyridine rings is 1. The Morgan fingerprint density at radius 1 is 1.41 bits per heavy atom. The van der Waals surface area contributed by atoms with Crippen molar-refractivity contribution in [1.29, 1.82) is 0 Å². The topological polar surface area (TPSA) is 59.4 Å². The van der Waals surface area contributed by atoms with E-state index in [0.29, 0.717) is 25.1 Å². The Kier molecular flexibility index (Phi) is 2.31. The number of hydrogen-bond acceptors (Lipinski definition) is 3. The van der Waals surface area contributed by atoms with Gasteiger partial charge in [-0.2, -0.15) is 0 Å². The maximum absolute atomic E-state index is 11.6. The largest absolute Gasteiger partial charge is 0.491 e. The van der Waals surface area contributed by atoms with Gasteiger partial charge < -0.3 is 9.84 Å². The minimum absolute atomic E-state index is 0.681. The lowest BCUT2D eigenvalue weighted by atomic mass is 9.82. The minimum atomic E-state index is -0.752. The summed E-state index contributed by atoms with van der Waals surface area (Å²) >= 11 is 0. The van der Waals surface area contributed by atoms with Crippen molar-refractivity contribution in [1.82, 2.24) is 4.98 Å². The van der Waals surface area contributed by atoms with Gasteiger partial charge in [0.15, 0.2) is 0 Å². The third-order valence-electron chi connectivity index (χ3n) is 3.93. The number of nitrogens with zero attached hydrogens (tertiary/aromatic N) is 1. The zero-order valence-electron chi connectivity index (χ0n) is 9.61. The number of aromatic nitrogens is 1. The lowest BCUT2D eigenvalue weighted by Crippen LogP contribution is -2.33. The second-order valence-electron chi connectivity index (χ2n) is 4.87. The van der Waals surface area contributed by atoms with Crippen LogP contribution in [0.25, 0.3) is 0 Å². The van der Waals surface area contributed by atoms with Crippen LogP contribution in [0.15, 0.2) is 12.3 Å². The molecule has 3 rings (SSSR count). The van der Waals surface area contributed by atoms with Gasteiger partial charge in [-0.05, 0) is 18.9 Å². The van der Waals surface area contributed by atoms with Crippen molar-refractivity contribution < 1.29 is 14.6 Å². The van der Waals surface area contributed by atoms with E-state index in [2.05, 4.69) is 4.98 Å². The Hall–Kier alpha value is -1.58. The quantitative estimate of drug-likeness (QED) is 0.847. The fourth-order valence-corrected chi connectivity index (χ4v) is 2.90. The minimum Gasteiger partial charge on any atom is -0.491 e. The summed E-state index contributed by atoms with van der Waals surface area (Å²) in [5, 5.41) is 9.49. The fraction of sp³-hybridized carbons (Fsp3) is 0.538. The molecule has 4 heteroatoms. The van der Waals surface area contributed by atoms with Crippen molar-refractivity contribution in [2.24, 2.45) is 0 Å². The molecule has 1 N–H and O–H groups in total. The summed E-state index contributed by atoms with van der Waals surface area (Å²) in [6.07, 6.45) is 5.90. The Bertz CT molecular complexity index is 464. The molecule has 4 nitrogen and oxygen atoms in total. The molecule has 17 heavy (non-hydrogen) atoms. The fourth-order valence-electron chi connectivity index (χ4n) is 2.90. The molecule has 0 aromatic carbocycles. The highest BCUT2D eigenvalue weighted by Gasteiger charge is 2.44. The zero-order chi connectivity index (χ0) is 11.9. The highest BCUT2D eigenvalue weighted by atomic mass is 16.5. The third-order valence-corrected chi connectivity index (χ3v) is 3.93. The molecule has 2 aliphatic rings. The molecular formula is C13H15NO3. The molecule has 1 fully saturated rings. The SMILES string of the molecule is O=C(O)C1(c2cc3c(cn2)OCC3)CCCC1. The standard InChI is InChI=1S/C13H15NO3/c15-12(16)13(4-1-2-5-13)11-7-9-3-6-17-10(9)8-14-11/h7-8H,1-6H2,(H,15,16). The van der Waals surface area contributed by atoms with Crippen molar-refractivity contribution in [2.45, 2.75) is 37.5 Å². The van der Waals surface area contributed by atoms with E-state index in [1.165, 1.54) is 0 Å². The van der Waals surface area contributed by atoms with Gasteiger partial charge in [-0.15, -0.1) is 0 Å². The second-order valence-corrected chi connectivity index (χ2v) is 4.87. The molecule has 1 aliphatic heterocycles. The highest BCUT2D eigenvalue weighted by molar-refractivity contribution is 5.81. The molecule has 0 atom stereocenters. The number of hydrogen-bond donors (Lipinski definition) is 1. The van der Waals surface area contributed by atoms with Crippen LogP contribution in [0.2, 0.25) is 0 Å². The highest BCUT2D eigenvalue weighted by Crippen LogP contribution is 2.41. The van der Waals surface area contributed by atoms with Crippen LogP contribution in [0.1, 0.15) is 36.9 Å².